The minimum absolute atomic E-state index is 0.00711. The molecule has 0 bridgehead atoms. The predicted molar refractivity (Wildman–Crippen MR) is 80.4 cm³/mol. The van der Waals surface area contributed by atoms with E-state index < -0.39 is 11.6 Å². The largest absolute Gasteiger partial charge is 0.368 e. The SMILES string of the molecule is CCCNc1nc(Nc2ccc(Br)cc2)c(F)cc1F. The van der Waals surface area contributed by atoms with Crippen LogP contribution in [0.25, 0.3) is 0 Å². The van der Waals surface area contributed by atoms with E-state index in [1.807, 2.05) is 19.1 Å². The number of pyridine rings is 1. The van der Waals surface area contributed by atoms with Gasteiger partial charge in [0.15, 0.2) is 23.3 Å². The number of anilines is 3. The van der Waals surface area contributed by atoms with Gasteiger partial charge >= 0.3 is 0 Å². The van der Waals surface area contributed by atoms with Gasteiger partial charge in [-0.3, -0.25) is 0 Å². The van der Waals surface area contributed by atoms with Crippen molar-refractivity contribution in [2.75, 3.05) is 17.2 Å². The van der Waals surface area contributed by atoms with E-state index in [4.69, 9.17) is 0 Å². The van der Waals surface area contributed by atoms with Crippen LogP contribution in [0.5, 0.6) is 0 Å². The van der Waals surface area contributed by atoms with E-state index in [-0.39, 0.29) is 11.6 Å². The van der Waals surface area contributed by atoms with Gasteiger partial charge in [0.1, 0.15) is 0 Å². The van der Waals surface area contributed by atoms with Crippen molar-refractivity contribution >= 4 is 33.3 Å². The van der Waals surface area contributed by atoms with Crippen molar-refractivity contribution in [2.45, 2.75) is 13.3 Å². The molecule has 0 aliphatic heterocycles. The molecular weight excluding hydrogens is 328 g/mol. The second-order valence-electron chi connectivity index (χ2n) is 4.21. The molecule has 2 aromatic rings. The van der Waals surface area contributed by atoms with Crippen molar-refractivity contribution < 1.29 is 8.78 Å². The maximum absolute atomic E-state index is 13.7. The minimum Gasteiger partial charge on any atom is -0.368 e. The van der Waals surface area contributed by atoms with Gasteiger partial charge in [0.2, 0.25) is 0 Å². The number of benzene rings is 1. The Morgan fingerprint density at radius 3 is 2.40 bits per heavy atom. The molecule has 3 nitrogen and oxygen atoms in total. The number of rotatable bonds is 5. The molecule has 2 rings (SSSR count). The van der Waals surface area contributed by atoms with Crippen LogP contribution in [0.4, 0.5) is 26.1 Å². The van der Waals surface area contributed by atoms with Crippen LogP contribution in [0.2, 0.25) is 0 Å². The van der Waals surface area contributed by atoms with Crippen molar-refractivity contribution in [3.05, 3.63) is 46.4 Å². The lowest BCUT2D eigenvalue weighted by atomic mass is 10.3. The molecular formula is C14H14BrF2N3. The summed E-state index contributed by atoms with van der Waals surface area (Å²) in [5.74, 6) is -1.38. The monoisotopic (exact) mass is 341 g/mol. The third-order valence-corrected chi connectivity index (χ3v) is 3.11. The summed E-state index contributed by atoms with van der Waals surface area (Å²) in [6.07, 6.45) is 0.827. The molecule has 0 unspecified atom stereocenters. The minimum atomic E-state index is -0.729. The molecule has 1 heterocycles. The van der Waals surface area contributed by atoms with Gasteiger partial charge in [-0.2, -0.15) is 0 Å². The number of hydrogen-bond acceptors (Lipinski definition) is 3. The molecule has 0 spiro atoms. The lowest BCUT2D eigenvalue weighted by molar-refractivity contribution is 0.579. The third-order valence-electron chi connectivity index (χ3n) is 2.58. The van der Waals surface area contributed by atoms with Crippen LogP contribution in [-0.4, -0.2) is 11.5 Å². The summed E-state index contributed by atoms with van der Waals surface area (Å²) in [7, 11) is 0. The molecule has 0 saturated carbocycles. The highest BCUT2D eigenvalue weighted by atomic mass is 79.9. The third kappa shape index (κ3) is 3.66. The molecule has 6 heteroatoms. The topological polar surface area (TPSA) is 37.0 Å². The molecule has 0 amide bonds. The van der Waals surface area contributed by atoms with Gasteiger partial charge < -0.3 is 10.6 Å². The fourth-order valence-corrected chi connectivity index (χ4v) is 1.86. The normalized spacial score (nSPS) is 10.4. The summed E-state index contributed by atoms with van der Waals surface area (Å²) in [6.45, 7) is 2.53. The lowest BCUT2D eigenvalue weighted by Crippen LogP contribution is -2.07. The Bertz CT molecular complexity index is 588. The number of aromatic nitrogens is 1. The molecule has 0 atom stereocenters. The maximum Gasteiger partial charge on any atom is 0.169 e. The van der Waals surface area contributed by atoms with Crippen LogP contribution in [0.3, 0.4) is 0 Å². The molecule has 1 aromatic carbocycles. The quantitative estimate of drug-likeness (QED) is 0.828. The average molecular weight is 342 g/mol. The number of nitrogens with zero attached hydrogens (tertiary/aromatic N) is 1. The molecule has 0 fully saturated rings. The van der Waals surface area contributed by atoms with Gasteiger partial charge in [-0.05, 0) is 30.7 Å². The van der Waals surface area contributed by atoms with Gasteiger partial charge in [-0.1, -0.05) is 22.9 Å². The van der Waals surface area contributed by atoms with Crippen LogP contribution in [0.1, 0.15) is 13.3 Å². The second kappa shape index (κ2) is 6.65. The highest BCUT2D eigenvalue weighted by molar-refractivity contribution is 9.10. The molecule has 0 radical (unpaired) electrons. The maximum atomic E-state index is 13.7. The van der Waals surface area contributed by atoms with E-state index in [0.717, 1.165) is 17.0 Å². The lowest BCUT2D eigenvalue weighted by Gasteiger charge is -2.11. The Kier molecular flexibility index (Phi) is 4.89. The molecule has 20 heavy (non-hydrogen) atoms. The first-order valence-corrected chi connectivity index (χ1v) is 7.02. The van der Waals surface area contributed by atoms with Crippen molar-refractivity contribution in [3.8, 4) is 0 Å². The van der Waals surface area contributed by atoms with Crippen molar-refractivity contribution in [1.29, 1.82) is 0 Å². The summed E-state index contributed by atoms with van der Waals surface area (Å²) in [4.78, 5) is 3.94. The number of nitrogens with one attached hydrogen (secondary N) is 2. The highest BCUT2D eigenvalue weighted by Crippen LogP contribution is 2.23. The standard InChI is InChI=1S/C14H14BrF2N3/c1-2-7-18-13-11(16)8-12(17)14(20-13)19-10-5-3-9(15)4-6-10/h3-6,8H,2,7H2,1H3,(H2,18,19,20). The van der Waals surface area contributed by atoms with E-state index in [1.54, 1.807) is 12.1 Å². The molecule has 1 aromatic heterocycles. The van der Waals surface area contributed by atoms with Crippen LogP contribution >= 0.6 is 15.9 Å². The predicted octanol–water partition coefficient (Wildman–Crippen LogP) is 4.69. The van der Waals surface area contributed by atoms with Crippen LogP contribution in [-0.2, 0) is 0 Å². The van der Waals surface area contributed by atoms with Crippen LogP contribution in [0, 0.1) is 11.6 Å². The molecule has 0 aliphatic carbocycles. The fraction of sp³-hybridized carbons (Fsp3) is 0.214. The smallest absolute Gasteiger partial charge is 0.169 e. The van der Waals surface area contributed by atoms with Crippen molar-refractivity contribution in [1.82, 2.24) is 4.98 Å². The molecule has 2 N–H and O–H groups in total. The summed E-state index contributed by atoms with van der Waals surface area (Å²) in [6, 6.07) is 8.01. The summed E-state index contributed by atoms with van der Waals surface area (Å²) >= 11 is 3.32. The summed E-state index contributed by atoms with van der Waals surface area (Å²) in [5.41, 5.74) is 0.674. The van der Waals surface area contributed by atoms with Crippen LogP contribution < -0.4 is 10.6 Å². The number of hydrogen-bond donors (Lipinski definition) is 2. The Labute approximate surface area is 124 Å². The van der Waals surface area contributed by atoms with Gasteiger partial charge in [0.25, 0.3) is 0 Å². The van der Waals surface area contributed by atoms with Crippen molar-refractivity contribution in [2.24, 2.45) is 0 Å². The Morgan fingerprint density at radius 2 is 1.75 bits per heavy atom. The summed E-state index contributed by atoms with van der Waals surface area (Å²) < 4.78 is 28.2. The van der Waals surface area contributed by atoms with Crippen molar-refractivity contribution in [3.63, 3.8) is 0 Å². The van der Waals surface area contributed by atoms with E-state index in [0.29, 0.717) is 12.2 Å². The Balaban J connectivity index is 2.24. The van der Waals surface area contributed by atoms with E-state index in [2.05, 4.69) is 31.5 Å². The zero-order chi connectivity index (χ0) is 14.5. The van der Waals surface area contributed by atoms with E-state index >= 15 is 0 Å². The van der Waals surface area contributed by atoms with Gasteiger partial charge in [-0.15, -0.1) is 0 Å². The van der Waals surface area contributed by atoms with E-state index in [9.17, 15) is 8.78 Å². The fourth-order valence-electron chi connectivity index (χ4n) is 1.59. The van der Waals surface area contributed by atoms with Gasteiger partial charge in [-0.25, -0.2) is 13.8 Å². The zero-order valence-electron chi connectivity index (χ0n) is 10.9. The van der Waals surface area contributed by atoms with Crippen LogP contribution in [0.15, 0.2) is 34.8 Å². The zero-order valence-corrected chi connectivity index (χ0v) is 12.5. The van der Waals surface area contributed by atoms with Gasteiger partial charge in [0.05, 0.1) is 0 Å². The Morgan fingerprint density at radius 1 is 1.10 bits per heavy atom. The highest BCUT2D eigenvalue weighted by Gasteiger charge is 2.11. The Hall–Kier alpha value is -1.69. The second-order valence-corrected chi connectivity index (χ2v) is 5.12. The number of halogens is 3. The first-order chi connectivity index (χ1) is 9.60. The van der Waals surface area contributed by atoms with Gasteiger partial charge in [0, 0.05) is 22.8 Å². The molecule has 106 valence electrons. The van der Waals surface area contributed by atoms with E-state index in [1.165, 1.54) is 0 Å². The molecule has 0 saturated heterocycles. The first kappa shape index (κ1) is 14.7. The molecule has 0 aliphatic rings. The summed E-state index contributed by atoms with van der Waals surface area (Å²) in [5, 5.41) is 5.65. The average Bonchev–Trinajstić information content (AvgIpc) is 2.43. The first-order valence-electron chi connectivity index (χ1n) is 6.22.